The summed E-state index contributed by atoms with van der Waals surface area (Å²) in [7, 11) is 2.19. The van der Waals surface area contributed by atoms with E-state index in [1.807, 2.05) is 0 Å². The highest BCUT2D eigenvalue weighted by atomic mass is 16.5. The molecule has 2 rings (SSSR count). The fraction of sp³-hybridized carbons (Fsp3) is 0.647. The summed E-state index contributed by atoms with van der Waals surface area (Å²) in [4.78, 5) is 2.41. The molecule has 0 radical (unpaired) electrons. The van der Waals surface area contributed by atoms with Gasteiger partial charge in [-0.25, -0.2) is 0 Å². The van der Waals surface area contributed by atoms with Crippen molar-refractivity contribution in [2.45, 2.75) is 45.3 Å². The molecule has 112 valence electrons. The number of nitrogens with zero attached hydrogens (tertiary/aromatic N) is 1. The molecule has 1 aromatic rings. The van der Waals surface area contributed by atoms with Crippen LogP contribution in [0.5, 0.6) is 0 Å². The van der Waals surface area contributed by atoms with Gasteiger partial charge in [0.15, 0.2) is 0 Å². The maximum atomic E-state index is 5.45. The van der Waals surface area contributed by atoms with Crippen molar-refractivity contribution in [2.24, 2.45) is 0 Å². The van der Waals surface area contributed by atoms with E-state index in [0.717, 1.165) is 39.1 Å². The van der Waals surface area contributed by atoms with E-state index in [4.69, 9.17) is 4.74 Å². The third-order valence-corrected chi connectivity index (χ3v) is 3.95. The summed E-state index contributed by atoms with van der Waals surface area (Å²) >= 11 is 0. The van der Waals surface area contributed by atoms with Crippen molar-refractivity contribution >= 4 is 0 Å². The molecule has 3 nitrogen and oxygen atoms in total. The summed E-state index contributed by atoms with van der Waals surface area (Å²) in [5, 5.41) is 3.46. The Morgan fingerprint density at radius 1 is 1.25 bits per heavy atom. The van der Waals surface area contributed by atoms with E-state index < -0.39 is 0 Å². The van der Waals surface area contributed by atoms with Crippen LogP contribution in [0.3, 0.4) is 0 Å². The number of likely N-dealkylation sites (N-methyl/N-ethyl adjacent to an activating group) is 1. The molecular formula is C17H28N2O. The summed E-state index contributed by atoms with van der Waals surface area (Å²) in [5.74, 6) is 0. The van der Waals surface area contributed by atoms with Gasteiger partial charge in [-0.15, -0.1) is 0 Å². The third-order valence-electron chi connectivity index (χ3n) is 3.95. The minimum atomic E-state index is 0.566. The smallest absolute Gasteiger partial charge is 0.0622 e. The highest BCUT2D eigenvalue weighted by molar-refractivity contribution is 5.22. The Kier molecular flexibility index (Phi) is 6.02. The molecule has 1 aliphatic rings. The number of nitrogens with one attached hydrogen (secondary N) is 1. The standard InChI is InChI=1S/C17H28N2O/c1-14(2)18-10-8-15-4-6-16(7-5-15)12-19(3)17-9-11-20-13-17/h4-7,14,17-18H,8-13H2,1-3H3. The van der Waals surface area contributed by atoms with Crippen LogP contribution in [0.4, 0.5) is 0 Å². The van der Waals surface area contributed by atoms with E-state index in [2.05, 4.69) is 55.4 Å². The molecule has 1 N–H and O–H groups in total. The first-order valence-electron chi connectivity index (χ1n) is 7.74. The molecule has 1 fully saturated rings. The van der Waals surface area contributed by atoms with Gasteiger partial charge in [-0.2, -0.15) is 0 Å². The molecule has 0 aliphatic carbocycles. The number of benzene rings is 1. The van der Waals surface area contributed by atoms with Gasteiger partial charge in [0.1, 0.15) is 0 Å². The lowest BCUT2D eigenvalue weighted by Gasteiger charge is -2.22. The Labute approximate surface area is 123 Å². The molecule has 1 aromatic carbocycles. The maximum absolute atomic E-state index is 5.45. The molecule has 20 heavy (non-hydrogen) atoms. The van der Waals surface area contributed by atoms with Crippen molar-refractivity contribution in [2.75, 3.05) is 26.8 Å². The second-order valence-corrected chi connectivity index (χ2v) is 6.11. The molecule has 0 spiro atoms. The van der Waals surface area contributed by atoms with Crippen LogP contribution in [0.1, 0.15) is 31.4 Å². The van der Waals surface area contributed by atoms with Crippen molar-refractivity contribution in [3.8, 4) is 0 Å². The second-order valence-electron chi connectivity index (χ2n) is 6.11. The van der Waals surface area contributed by atoms with E-state index in [1.54, 1.807) is 0 Å². The Bertz CT molecular complexity index is 382. The van der Waals surface area contributed by atoms with Crippen LogP contribution in [0.2, 0.25) is 0 Å². The van der Waals surface area contributed by atoms with E-state index >= 15 is 0 Å². The molecule has 0 bridgehead atoms. The zero-order chi connectivity index (χ0) is 14.4. The molecule has 0 amide bonds. The lowest BCUT2D eigenvalue weighted by atomic mass is 10.1. The molecule has 1 aliphatic heterocycles. The number of rotatable bonds is 7. The van der Waals surface area contributed by atoms with Gasteiger partial charge < -0.3 is 10.1 Å². The number of ether oxygens (including phenoxy) is 1. The van der Waals surface area contributed by atoms with Crippen LogP contribution >= 0.6 is 0 Å². The maximum Gasteiger partial charge on any atom is 0.0622 e. The van der Waals surface area contributed by atoms with E-state index in [-0.39, 0.29) is 0 Å². The van der Waals surface area contributed by atoms with Gasteiger partial charge in [0.05, 0.1) is 6.61 Å². The Morgan fingerprint density at radius 2 is 1.95 bits per heavy atom. The fourth-order valence-electron chi connectivity index (χ4n) is 2.60. The van der Waals surface area contributed by atoms with Gasteiger partial charge >= 0.3 is 0 Å². The van der Waals surface area contributed by atoms with Crippen LogP contribution in [0, 0.1) is 0 Å². The van der Waals surface area contributed by atoms with Crippen molar-refractivity contribution < 1.29 is 4.74 Å². The molecule has 3 heteroatoms. The molecular weight excluding hydrogens is 248 g/mol. The summed E-state index contributed by atoms with van der Waals surface area (Å²) in [6, 6.07) is 10.2. The molecule has 0 saturated carbocycles. The minimum Gasteiger partial charge on any atom is -0.380 e. The molecule has 1 unspecified atom stereocenters. The van der Waals surface area contributed by atoms with Gasteiger partial charge in [-0.3, -0.25) is 4.90 Å². The second kappa shape index (κ2) is 7.77. The van der Waals surface area contributed by atoms with Crippen molar-refractivity contribution in [1.82, 2.24) is 10.2 Å². The highest BCUT2D eigenvalue weighted by Gasteiger charge is 2.19. The Balaban J connectivity index is 1.78. The van der Waals surface area contributed by atoms with Gasteiger partial charge in [0, 0.05) is 25.2 Å². The summed E-state index contributed by atoms with van der Waals surface area (Å²) in [6.07, 6.45) is 2.26. The van der Waals surface area contributed by atoms with Crippen LogP contribution in [0.25, 0.3) is 0 Å². The van der Waals surface area contributed by atoms with Crippen LogP contribution in [-0.2, 0) is 17.7 Å². The summed E-state index contributed by atoms with van der Waals surface area (Å²) in [6.45, 7) is 8.23. The van der Waals surface area contributed by atoms with Crippen molar-refractivity contribution in [3.63, 3.8) is 0 Å². The lowest BCUT2D eigenvalue weighted by Crippen LogP contribution is -2.31. The lowest BCUT2D eigenvalue weighted by molar-refractivity contribution is 0.156. The zero-order valence-corrected chi connectivity index (χ0v) is 13.1. The van der Waals surface area contributed by atoms with Gasteiger partial charge in [-0.1, -0.05) is 38.1 Å². The quantitative estimate of drug-likeness (QED) is 0.828. The number of hydrogen-bond acceptors (Lipinski definition) is 3. The van der Waals surface area contributed by atoms with Crippen molar-refractivity contribution in [1.29, 1.82) is 0 Å². The van der Waals surface area contributed by atoms with Gasteiger partial charge in [-0.05, 0) is 37.6 Å². The first-order valence-corrected chi connectivity index (χ1v) is 7.74. The highest BCUT2D eigenvalue weighted by Crippen LogP contribution is 2.14. The SMILES string of the molecule is CC(C)NCCc1ccc(CN(C)C2CCOC2)cc1. The zero-order valence-electron chi connectivity index (χ0n) is 13.1. The number of hydrogen-bond donors (Lipinski definition) is 1. The molecule has 0 aromatic heterocycles. The predicted molar refractivity (Wildman–Crippen MR) is 84.0 cm³/mol. The average molecular weight is 276 g/mol. The monoisotopic (exact) mass is 276 g/mol. The minimum absolute atomic E-state index is 0.566. The topological polar surface area (TPSA) is 24.5 Å². The molecule has 1 heterocycles. The fourth-order valence-corrected chi connectivity index (χ4v) is 2.60. The van der Waals surface area contributed by atoms with Crippen LogP contribution in [-0.4, -0.2) is 43.8 Å². The average Bonchev–Trinajstić information content (AvgIpc) is 2.94. The van der Waals surface area contributed by atoms with Gasteiger partial charge in [0.25, 0.3) is 0 Å². The Morgan fingerprint density at radius 3 is 2.55 bits per heavy atom. The third kappa shape index (κ3) is 4.89. The predicted octanol–water partition coefficient (Wildman–Crippen LogP) is 2.45. The largest absolute Gasteiger partial charge is 0.380 e. The summed E-state index contributed by atoms with van der Waals surface area (Å²) < 4.78 is 5.45. The summed E-state index contributed by atoms with van der Waals surface area (Å²) in [5.41, 5.74) is 2.80. The van der Waals surface area contributed by atoms with Crippen LogP contribution < -0.4 is 5.32 Å². The first kappa shape index (κ1) is 15.5. The van der Waals surface area contributed by atoms with Gasteiger partial charge in [0.2, 0.25) is 0 Å². The van der Waals surface area contributed by atoms with E-state index in [0.29, 0.717) is 12.1 Å². The van der Waals surface area contributed by atoms with E-state index in [9.17, 15) is 0 Å². The Hall–Kier alpha value is -0.900. The van der Waals surface area contributed by atoms with Crippen LogP contribution in [0.15, 0.2) is 24.3 Å². The first-order chi connectivity index (χ1) is 9.65. The van der Waals surface area contributed by atoms with Crippen molar-refractivity contribution in [3.05, 3.63) is 35.4 Å². The van der Waals surface area contributed by atoms with E-state index in [1.165, 1.54) is 11.1 Å². The molecule has 1 atom stereocenters. The molecule has 1 saturated heterocycles. The normalized spacial score (nSPS) is 19.1.